The number of aryl methyl sites for hydroxylation is 1. The zero-order valence-corrected chi connectivity index (χ0v) is 17.8. The van der Waals surface area contributed by atoms with Gasteiger partial charge in [0.05, 0.1) is 34.8 Å². The molecule has 7 nitrogen and oxygen atoms in total. The summed E-state index contributed by atoms with van der Waals surface area (Å²) in [5.41, 5.74) is 1.80. The maximum atomic E-state index is 12.5. The minimum atomic E-state index is -0.0942. The standard InChI is InChI=1S/C19H17Cl2N5O2S/c1-24-18(27)17-14(4-7-29-17)26-16(22-23-19(24)26)10-25-5-6-28-15(9-25)11-2-3-12(20)13(21)8-11/h2-4,7-8,15H,5-6,9-10H2,1H3. The lowest BCUT2D eigenvalue weighted by molar-refractivity contribution is -0.0337. The second-order valence-corrected chi connectivity index (χ2v) is 8.75. The van der Waals surface area contributed by atoms with Crippen molar-refractivity contribution < 1.29 is 4.74 Å². The number of rotatable bonds is 3. The fourth-order valence-corrected chi connectivity index (χ4v) is 4.87. The van der Waals surface area contributed by atoms with Gasteiger partial charge in [0.2, 0.25) is 5.78 Å². The number of ether oxygens (including phenoxy) is 1. The molecule has 0 radical (unpaired) electrons. The van der Waals surface area contributed by atoms with Crippen LogP contribution in [0.1, 0.15) is 17.5 Å². The molecule has 0 amide bonds. The summed E-state index contributed by atoms with van der Waals surface area (Å²) >= 11 is 13.6. The van der Waals surface area contributed by atoms with Crippen molar-refractivity contribution >= 4 is 50.5 Å². The van der Waals surface area contributed by atoms with Crippen LogP contribution < -0.4 is 5.56 Å². The van der Waals surface area contributed by atoms with Crippen LogP contribution >= 0.6 is 34.5 Å². The molecule has 3 aromatic heterocycles. The van der Waals surface area contributed by atoms with Gasteiger partial charge in [0.1, 0.15) is 4.70 Å². The first-order valence-electron chi connectivity index (χ1n) is 9.12. The highest BCUT2D eigenvalue weighted by atomic mass is 35.5. The van der Waals surface area contributed by atoms with E-state index < -0.39 is 0 Å². The van der Waals surface area contributed by atoms with Crippen molar-refractivity contribution in [3.05, 3.63) is 61.4 Å². The number of halogens is 2. The van der Waals surface area contributed by atoms with Crippen molar-refractivity contribution in [2.24, 2.45) is 7.05 Å². The maximum Gasteiger partial charge on any atom is 0.272 e. The third-order valence-corrected chi connectivity index (χ3v) is 6.86. The second-order valence-electron chi connectivity index (χ2n) is 7.02. The molecule has 10 heteroatoms. The van der Waals surface area contributed by atoms with Crippen LogP contribution in [-0.2, 0) is 18.3 Å². The molecule has 1 unspecified atom stereocenters. The van der Waals surface area contributed by atoms with Crippen LogP contribution in [0.2, 0.25) is 10.0 Å². The predicted molar refractivity (Wildman–Crippen MR) is 114 cm³/mol. The van der Waals surface area contributed by atoms with Crippen LogP contribution in [0.4, 0.5) is 0 Å². The lowest BCUT2D eigenvalue weighted by Crippen LogP contribution is -2.38. The first kappa shape index (κ1) is 19.0. The quantitative estimate of drug-likeness (QED) is 0.478. The summed E-state index contributed by atoms with van der Waals surface area (Å²) in [7, 11) is 1.73. The largest absolute Gasteiger partial charge is 0.371 e. The van der Waals surface area contributed by atoms with Gasteiger partial charge in [-0.1, -0.05) is 29.3 Å². The Hall–Kier alpha value is -1.97. The Labute approximate surface area is 180 Å². The summed E-state index contributed by atoms with van der Waals surface area (Å²) in [6, 6.07) is 7.54. The highest BCUT2D eigenvalue weighted by Crippen LogP contribution is 2.29. The third kappa shape index (κ3) is 3.25. The second kappa shape index (κ2) is 7.37. The molecule has 0 aliphatic carbocycles. The zero-order chi connectivity index (χ0) is 20.1. The zero-order valence-electron chi connectivity index (χ0n) is 15.5. The topological polar surface area (TPSA) is 64.7 Å². The van der Waals surface area contributed by atoms with Gasteiger partial charge in [-0.25, -0.2) is 0 Å². The van der Waals surface area contributed by atoms with Crippen LogP contribution in [0.5, 0.6) is 0 Å². The van der Waals surface area contributed by atoms with Crippen molar-refractivity contribution in [2.45, 2.75) is 12.6 Å². The van der Waals surface area contributed by atoms with Crippen LogP contribution in [0.25, 0.3) is 16.0 Å². The SMILES string of the molecule is Cn1c(=O)c2sccc2n2c(CN3CCOC(c4ccc(Cl)c(Cl)c4)C3)nnc12. The number of nitrogens with zero attached hydrogens (tertiary/aromatic N) is 5. The van der Waals surface area contributed by atoms with E-state index in [0.717, 1.165) is 23.4 Å². The molecule has 1 aliphatic heterocycles. The molecule has 4 aromatic rings. The third-order valence-electron chi connectivity index (χ3n) is 5.23. The average Bonchev–Trinajstić information content (AvgIpc) is 3.36. The van der Waals surface area contributed by atoms with Gasteiger partial charge in [-0.15, -0.1) is 21.5 Å². The van der Waals surface area contributed by atoms with Gasteiger partial charge in [0, 0.05) is 20.1 Å². The Kier molecular flexibility index (Phi) is 4.84. The van der Waals surface area contributed by atoms with Crippen molar-refractivity contribution in [1.82, 2.24) is 24.1 Å². The van der Waals surface area contributed by atoms with Crippen LogP contribution in [-0.4, -0.2) is 43.8 Å². The summed E-state index contributed by atoms with van der Waals surface area (Å²) in [6.07, 6.45) is -0.0942. The molecule has 0 spiro atoms. The Bertz CT molecular complexity index is 1280. The molecule has 1 atom stereocenters. The Balaban J connectivity index is 1.46. The molecule has 1 fully saturated rings. The molecule has 1 saturated heterocycles. The van der Waals surface area contributed by atoms with Crippen LogP contribution in [0.15, 0.2) is 34.4 Å². The van der Waals surface area contributed by atoms with Gasteiger partial charge in [0.15, 0.2) is 5.82 Å². The van der Waals surface area contributed by atoms with Crippen molar-refractivity contribution in [3.8, 4) is 0 Å². The Morgan fingerprint density at radius 2 is 2.10 bits per heavy atom. The van der Waals surface area contributed by atoms with E-state index in [-0.39, 0.29) is 11.7 Å². The smallest absolute Gasteiger partial charge is 0.272 e. The van der Waals surface area contributed by atoms with E-state index in [0.29, 0.717) is 40.2 Å². The molecule has 1 aromatic carbocycles. The van der Waals surface area contributed by atoms with E-state index in [1.54, 1.807) is 17.7 Å². The molecule has 1 aliphatic rings. The number of thiophene rings is 1. The molecule has 0 saturated carbocycles. The van der Waals surface area contributed by atoms with Gasteiger partial charge in [-0.2, -0.15) is 0 Å². The number of morpholine rings is 1. The molecule has 150 valence electrons. The van der Waals surface area contributed by atoms with Gasteiger partial charge in [-0.05, 0) is 29.1 Å². The van der Waals surface area contributed by atoms with Gasteiger partial charge in [-0.3, -0.25) is 18.7 Å². The molecule has 0 bridgehead atoms. The van der Waals surface area contributed by atoms with Crippen LogP contribution in [0, 0.1) is 0 Å². The summed E-state index contributed by atoms with van der Waals surface area (Å²) < 4.78 is 10.2. The Morgan fingerprint density at radius 3 is 2.93 bits per heavy atom. The van der Waals surface area contributed by atoms with Gasteiger partial charge in [0.25, 0.3) is 5.56 Å². The lowest BCUT2D eigenvalue weighted by Gasteiger charge is -2.32. The van der Waals surface area contributed by atoms with Gasteiger partial charge < -0.3 is 4.74 Å². The molecular formula is C19H17Cl2N5O2S. The number of hydrogen-bond acceptors (Lipinski definition) is 6. The van der Waals surface area contributed by atoms with E-state index in [1.165, 1.54) is 11.3 Å². The van der Waals surface area contributed by atoms with E-state index in [1.807, 2.05) is 28.0 Å². The normalized spacial score (nSPS) is 18.1. The maximum absolute atomic E-state index is 12.5. The monoisotopic (exact) mass is 449 g/mol. The molecule has 29 heavy (non-hydrogen) atoms. The minimum Gasteiger partial charge on any atom is -0.371 e. The molecule has 5 rings (SSSR count). The van der Waals surface area contributed by atoms with E-state index >= 15 is 0 Å². The molecular weight excluding hydrogens is 433 g/mol. The lowest BCUT2D eigenvalue weighted by atomic mass is 10.1. The first-order chi connectivity index (χ1) is 14.0. The van der Waals surface area contributed by atoms with E-state index in [9.17, 15) is 4.79 Å². The molecule has 0 N–H and O–H groups in total. The highest BCUT2D eigenvalue weighted by molar-refractivity contribution is 7.17. The minimum absolute atomic E-state index is 0.0486. The molecule has 4 heterocycles. The fraction of sp³-hybridized carbons (Fsp3) is 0.316. The summed E-state index contributed by atoms with van der Waals surface area (Å²) in [4.78, 5) is 14.8. The summed E-state index contributed by atoms with van der Waals surface area (Å²) in [5.74, 6) is 1.35. The van der Waals surface area contributed by atoms with Crippen molar-refractivity contribution in [3.63, 3.8) is 0 Å². The number of hydrogen-bond donors (Lipinski definition) is 0. The fourth-order valence-electron chi connectivity index (χ4n) is 3.72. The van der Waals surface area contributed by atoms with E-state index in [2.05, 4.69) is 15.1 Å². The number of fused-ring (bicyclic) bond motifs is 3. The van der Waals surface area contributed by atoms with Gasteiger partial charge >= 0.3 is 0 Å². The van der Waals surface area contributed by atoms with Crippen LogP contribution in [0.3, 0.4) is 0 Å². The van der Waals surface area contributed by atoms with Crippen molar-refractivity contribution in [2.75, 3.05) is 19.7 Å². The Morgan fingerprint density at radius 1 is 1.24 bits per heavy atom. The first-order valence-corrected chi connectivity index (χ1v) is 10.8. The summed E-state index contributed by atoms with van der Waals surface area (Å²) in [6.45, 7) is 2.69. The van der Waals surface area contributed by atoms with E-state index in [4.69, 9.17) is 27.9 Å². The average molecular weight is 450 g/mol. The predicted octanol–water partition coefficient (Wildman–Crippen LogP) is 3.52. The van der Waals surface area contributed by atoms with Crippen molar-refractivity contribution in [1.29, 1.82) is 0 Å². The number of benzene rings is 1. The summed E-state index contributed by atoms with van der Waals surface area (Å²) in [5, 5.41) is 11.6. The number of aromatic nitrogens is 4. The highest BCUT2D eigenvalue weighted by Gasteiger charge is 2.25.